The predicted molar refractivity (Wildman–Crippen MR) is 53.7 cm³/mol. The molecule has 0 aliphatic rings. The molecule has 0 bridgehead atoms. The van der Waals surface area contributed by atoms with E-state index < -0.39 is 12.8 Å². The summed E-state index contributed by atoms with van der Waals surface area (Å²) in [6, 6.07) is 7.43. The van der Waals surface area contributed by atoms with E-state index in [0.717, 1.165) is 9.13 Å². The van der Waals surface area contributed by atoms with E-state index in [1.807, 2.05) is 24.3 Å². The molecule has 0 amide bonds. The van der Waals surface area contributed by atoms with E-state index in [0.29, 0.717) is 0 Å². The molecule has 66 valence electrons. The third-order valence-electron chi connectivity index (χ3n) is 1.54. The third-order valence-corrected chi connectivity index (χ3v) is 2.26. The molecule has 0 N–H and O–H groups in total. The molecular weight excluding hydrogens is 273 g/mol. The van der Waals surface area contributed by atoms with Gasteiger partial charge in [0.05, 0.1) is 0 Å². The molecule has 1 aromatic rings. The van der Waals surface area contributed by atoms with E-state index in [1.54, 1.807) is 0 Å². The van der Waals surface area contributed by atoms with E-state index >= 15 is 0 Å². The quantitative estimate of drug-likeness (QED) is 0.747. The van der Waals surface area contributed by atoms with E-state index in [2.05, 4.69) is 22.6 Å². The fourth-order valence-corrected chi connectivity index (χ4v) is 1.29. The first kappa shape index (κ1) is 9.89. The van der Waals surface area contributed by atoms with Gasteiger partial charge in [-0.2, -0.15) is 0 Å². The molecule has 0 radical (unpaired) electrons. The highest BCUT2D eigenvalue weighted by molar-refractivity contribution is 14.1. The van der Waals surface area contributed by atoms with Crippen LogP contribution in [0.2, 0.25) is 0 Å². The predicted octanol–water partition coefficient (Wildman–Crippen LogP) is 3.14. The van der Waals surface area contributed by atoms with Crippen LogP contribution in [0.15, 0.2) is 24.3 Å². The van der Waals surface area contributed by atoms with Crippen LogP contribution in [0, 0.1) is 3.57 Å². The van der Waals surface area contributed by atoms with E-state index in [9.17, 15) is 8.78 Å². The zero-order chi connectivity index (χ0) is 8.97. The van der Waals surface area contributed by atoms with Crippen molar-refractivity contribution in [1.29, 1.82) is 0 Å². The molecule has 0 saturated heterocycles. The fraction of sp³-hybridized carbons (Fsp3) is 0.333. The number of halogens is 3. The summed E-state index contributed by atoms with van der Waals surface area (Å²) in [7, 11) is 0. The Balaban J connectivity index is 2.58. The van der Waals surface area contributed by atoms with Crippen molar-refractivity contribution in [3.05, 3.63) is 33.4 Å². The Hall–Kier alpha value is -0.190. The molecule has 0 aliphatic carbocycles. The highest BCUT2D eigenvalue weighted by Gasteiger charge is 2.05. The Bertz CT molecular complexity index is 233. The Kier molecular flexibility index (Phi) is 3.91. The van der Waals surface area contributed by atoms with Crippen LogP contribution in [-0.4, -0.2) is 12.8 Å². The van der Waals surface area contributed by atoms with Gasteiger partial charge in [0, 0.05) is 9.99 Å². The number of hydrogen-bond acceptors (Lipinski definition) is 0. The fourth-order valence-electron chi connectivity index (χ4n) is 0.931. The molecule has 1 atom stereocenters. The van der Waals surface area contributed by atoms with Gasteiger partial charge in [0.25, 0.3) is 0 Å². The van der Waals surface area contributed by atoms with Crippen LogP contribution in [-0.2, 0) is 6.42 Å². The summed E-state index contributed by atoms with van der Waals surface area (Å²) in [6.45, 7) is -0.897. The van der Waals surface area contributed by atoms with Crippen molar-refractivity contribution < 1.29 is 8.78 Å². The molecule has 1 unspecified atom stereocenters. The summed E-state index contributed by atoms with van der Waals surface area (Å²) >= 11 is 2.17. The summed E-state index contributed by atoms with van der Waals surface area (Å²) in [5.74, 6) is 0. The highest BCUT2D eigenvalue weighted by atomic mass is 127. The van der Waals surface area contributed by atoms with E-state index in [1.165, 1.54) is 0 Å². The van der Waals surface area contributed by atoms with Crippen molar-refractivity contribution >= 4 is 22.6 Å². The van der Waals surface area contributed by atoms with Crippen molar-refractivity contribution in [2.45, 2.75) is 12.6 Å². The van der Waals surface area contributed by atoms with E-state index in [-0.39, 0.29) is 6.42 Å². The van der Waals surface area contributed by atoms with Gasteiger partial charge in [-0.15, -0.1) is 0 Å². The average molecular weight is 282 g/mol. The average Bonchev–Trinajstić information content (AvgIpc) is 2.09. The molecule has 0 aromatic heterocycles. The topological polar surface area (TPSA) is 0 Å². The SMILES string of the molecule is FCC(F)Cc1ccc(I)cc1. The zero-order valence-electron chi connectivity index (χ0n) is 6.43. The molecule has 0 saturated carbocycles. The van der Waals surface area contributed by atoms with Crippen molar-refractivity contribution in [3.63, 3.8) is 0 Å². The lowest BCUT2D eigenvalue weighted by atomic mass is 10.1. The van der Waals surface area contributed by atoms with E-state index in [4.69, 9.17) is 0 Å². The summed E-state index contributed by atoms with van der Waals surface area (Å²) in [6.07, 6.45) is -1.18. The van der Waals surface area contributed by atoms with Gasteiger partial charge < -0.3 is 0 Å². The first-order valence-corrected chi connectivity index (χ1v) is 4.74. The van der Waals surface area contributed by atoms with Crippen LogP contribution in [0.5, 0.6) is 0 Å². The molecule has 0 aliphatic heterocycles. The Morgan fingerprint density at radius 3 is 2.33 bits per heavy atom. The molecule has 1 aromatic carbocycles. The van der Waals surface area contributed by atoms with Gasteiger partial charge in [-0.25, -0.2) is 8.78 Å². The molecule has 0 spiro atoms. The largest absolute Gasteiger partial charge is 0.248 e. The standard InChI is InChI=1S/C9H9F2I/c10-6-8(11)5-7-1-3-9(12)4-2-7/h1-4,8H,5-6H2. The van der Waals surface area contributed by atoms with Gasteiger partial charge in [0.15, 0.2) is 0 Å². The van der Waals surface area contributed by atoms with Gasteiger partial charge in [0.1, 0.15) is 12.8 Å². The lowest BCUT2D eigenvalue weighted by Gasteiger charge is -2.02. The van der Waals surface area contributed by atoms with Gasteiger partial charge >= 0.3 is 0 Å². The lowest BCUT2D eigenvalue weighted by Crippen LogP contribution is -2.06. The second kappa shape index (κ2) is 4.74. The minimum atomic E-state index is -1.36. The maximum atomic E-state index is 12.5. The number of hydrogen-bond donors (Lipinski definition) is 0. The minimum absolute atomic E-state index is 0.174. The van der Waals surface area contributed by atoms with Crippen molar-refractivity contribution in [1.82, 2.24) is 0 Å². The van der Waals surface area contributed by atoms with Crippen molar-refractivity contribution in [2.24, 2.45) is 0 Å². The monoisotopic (exact) mass is 282 g/mol. The molecule has 0 fully saturated rings. The van der Waals surface area contributed by atoms with Crippen LogP contribution in [0.25, 0.3) is 0 Å². The summed E-state index contributed by atoms with van der Waals surface area (Å²) in [4.78, 5) is 0. The Morgan fingerprint density at radius 2 is 1.83 bits per heavy atom. The summed E-state index contributed by atoms with van der Waals surface area (Å²) in [5, 5.41) is 0. The second-order valence-electron chi connectivity index (χ2n) is 2.58. The molecule has 1 rings (SSSR count). The van der Waals surface area contributed by atoms with Gasteiger partial charge in [-0.3, -0.25) is 0 Å². The van der Waals surface area contributed by atoms with Crippen molar-refractivity contribution in [3.8, 4) is 0 Å². The maximum Gasteiger partial charge on any atom is 0.132 e. The lowest BCUT2D eigenvalue weighted by molar-refractivity contribution is 0.260. The normalized spacial score (nSPS) is 12.9. The summed E-state index contributed by atoms with van der Waals surface area (Å²) in [5.41, 5.74) is 0.848. The van der Waals surface area contributed by atoms with Crippen LogP contribution < -0.4 is 0 Å². The van der Waals surface area contributed by atoms with Crippen molar-refractivity contribution in [2.75, 3.05) is 6.67 Å². The smallest absolute Gasteiger partial charge is 0.132 e. The maximum absolute atomic E-state index is 12.5. The van der Waals surface area contributed by atoms with Crippen LogP contribution >= 0.6 is 22.6 Å². The minimum Gasteiger partial charge on any atom is -0.248 e. The number of rotatable bonds is 3. The zero-order valence-corrected chi connectivity index (χ0v) is 8.59. The Labute approximate surface area is 84.1 Å². The number of benzene rings is 1. The first-order chi connectivity index (χ1) is 5.72. The molecular formula is C9H9F2I. The second-order valence-corrected chi connectivity index (χ2v) is 3.83. The molecule has 0 heterocycles. The summed E-state index contributed by atoms with van der Waals surface area (Å²) < 4.78 is 25.4. The molecule has 0 nitrogen and oxygen atoms in total. The third kappa shape index (κ3) is 3.05. The van der Waals surface area contributed by atoms with Crippen LogP contribution in [0.3, 0.4) is 0 Å². The highest BCUT2D eigenvalue weighted by Crippen LogP contribution is 2.10. The van der Waals surface area contributed by atoms with Gasteiger partial charge in [-0.1, -0.05) is 12.1 Å². The van der Waals surface area contributed by atoms with Crippen LogP contribution in [0.1, 0.15) is 5.56 Å². The van der Waals surface area contributed by atoms with Gasteiger partial charge in [0.2, 0.25) is 0 Å². The first-order valence-electron chi connectivity index (χ1n) is 3.67. The van der Waals surface area contributed by atoms with Gasteiger partial charge in [-0.05, 0) is 40.3 Å². The number of alkyl halides is 2. The molecule has 12 heavy (non-hydrogen) atoms. The van der Waals surface area contributed by atoms with Crippen LogP contribution in [0.4, 0.5) is 8.78 Å². The Morgan fingerprint density at radius 1 is 1.25 bits per heavy atom. The molecule has 3 heteroatoms.